The predicted molar refractivity (Wildman–Crippen MR) is 107 cm³/mol. The molecule has 1 aliphatic heterocycles. The number of aliphatic imine (C=N–C) groups is 1. The van der Waals surface area contributed by atoms with E-state index in [2.05, 4.69) is 51.5 Å². The highest BCUT2D eigenvalue weighted by molar-refractivity contribution is 5.79. The maximum absolute atomic E-state index is 5.60. The number of nitrogens with zero attached hydrogens (tertiary/aromatic N) is 3. The number of nitrogens with one attached hydrogen (secondary N) is 2. The minimum Gasteiger partial charge on any atom is -0.375 e. The lowest BCUT2D eigenvalue weighted by Crippen LogP contribution is -2.46. The molecule has 1 unspecified atom stereocenters. The molecular weight excluding hydrogens is 326 g/mol. The van der Waals surface area contributed by atoms with Crippen LogP contribution in [0, 0.1) is 5.41 Å². The van der Waals surface area contributed by atoms with Crippen LogP contribution in [0.5, 0.6) is 0 Å². The van der Waals surface area contributed by atoms with E-state index in [9.17, 15) is 0 Å². The number of rotatable bonds is 6. The summed E-state index contributed by atoms with van der Waals surface area (Å²) in [6.45, 7) is 8.72. The Kier molecular flexibility index (Phi) is 6.35. The van der Waals surface area contributed by atoms with E-state index < -0.39 is 0 Å². The summed E-state index contributed by atoms with van der Waals surface area (Å²) in [6.07, 6.45) is 7.49. The molecule has 6 nitrogen and oxygen atoms in total. The smallest absolute Gasteiger partial charge is 0.191 e. The van der Waals surface area contributed by atoms with Gasteiger partial charge in [0.05, 0.1) is 12.7 Å². The van der Waals surface area contributed by atoms with E-state index in [1.807, 2.05) is 13.2 Å². The van der Waals surface area contributed by atoms with Crippen LogP contribution in [0.4, 0.5) is 5.82 Å². The molecular formula is C20H33N5O. The summed E-state index contributed by atoms with van der Waals surface area (Å²) in [4.78, 5) is 11.3. The van der Waals surface area contributed by atoms with Gasteiger partial charge in [-0.05, 0) is 43.2 Å². The third-order valence-corrected chi connectivity index (χ3v) is 5.85. The number of guanidine groups is 1. The van der Waals surface area contributed by atoms with Crippen LogP contribution in [0.1, 0.15) is 45.1 Å². The summed E-state index contributed by atoms with van der Waals surface area (Å²) in [7, 11) is 1.83. The standard InChI is InChI=1S/C20H33N5O/c1-4-20(8-5-9-20)15-24-19(21-3)23-13-17-6-7-18(22-12-17)25-10-11-26-16(2)14-25/h6-7,12,16H,4-5,8-11,13-15H2,1-3H3,(H2,21,23,24). The van der Waals surface area contributed by atoms with Crippen LogP contribution >= 0.6 is 0 Å². The van der Waals surface area contributed by atoms with Gasteiger partial charge in [0.1, 0.15) is 5.82 Å². The van der Waals surface area contributed by atoms with Gasteiger partial charge >= 0.3 is 0 Å². The van der Waals surface area contributed by atoms with Gasteiger partial charge in [-0.3, -0.25) is 4.99 Å². The molecule has 0 amide bonds. The zero-order valence-corrected chi connectivity index (χ0v) is 16.4. The van der Waals surface area contributed by atoms with Gasteiger partial charge in [-0.2, -0.15) is 0 Å². The number of hydrogen-bond acceptors (Lipinski definition) is 4. The van der Waals surface area contributed by atoms with E-state index in [1.165, 1.54) is 25.7 Å². The molecule has 26 heavy (non-hydrogen) atoms. The highest BCUT2D eigenvalue weighted by Gasteiger charge is 2.34. The predicted octanol–water partition coefficient (Wildman–Crippen LogP) is 2.55. The zero-order valence-electron chi connectivity index (χ0n) is 16.4. The van der Waals surface area contributed by atoms with Gasteiger partial charge in [-0.15, -0.1) is 0 Å². The van der Waals surface area contributed by atoms with Crippen LogP contribution in [0.25, 0.3) is 0 Å². The molecule has 0 aromatic carbocycles. The van der Waals surface area contributed by atoms with E-state index in [4.69, 9.17) is 4.74 Å². The highest BCUT2D eigenvalue weighted by atomic mass is 16.5. The summed E-state index contributed by atoms with van der Waals surface area (Å²) in [5.41, 5.74) is 1.64. The number of aromatic nitrogens is 1. The van der Waals surface area contributed by atoms with Crippen molar-refractivity contribution in [2.45, 2.75) is 52.2 Å². The van der Waals surface area contributed by atoms with Gasteiger partial charge in [0.15, 0.2) is 5.96 Å². The molecule has 0 spiro atoms. The fraction of sp³-hybridized carbons (Fsp3) is 0.700. The van der Waals surface area contributed by atoms with Crippen molar-refractivity contribution in [3.8, 4) is 0 Å². The van der Waals surface area contributed by atoms with Crippen molar-refractivity contribution in [3.63, 3.8) is 0 Å². The summed E-state index contributed by atoms with van der Waals surface area (Å²) >= 11 is 0. The summed E-state index contributed by atoms with van der Waals surface area (Å²) in [5.74, 6) is 1.90. The summed E-state index contributed by atoms with van der Waals surface area (Å²) in [6, 6.07) is 4.24. The van der Waals surface area contributed by atoms with E-state index in [0.717, 1.165) is 50.1 Å². The lowest BCUT2D eigenvalue weighted by Gasteiger charge is -2.41. The molecule has 2 heterocycles. The first-order valence-corrected chi connectivity index (χ1v) is 9.90. The van der Waals surface area contributed by atoms with E-state index >= 15 is 0 Å². The molecule has 1 saturated heterocycles. The molecule has 3 rings (SSSR count). The largest absolute Gasteiger partial charge is 0.375 e. The Morgan fingerprint density at radius 2 is 2.23 bits per heavy atom. The molecule has 0 bridgehead atoms. The Hall–Kier alpha value is -1.82. The second-order valence-corrected chi connectivity index (χ2v) is 7.64. The quantitative estimate of drug-likeness (QED) is 0.604. The van der Waals surface area contributed by atoms with Crippen LogP contribution in [-0.2, 0) is 11.3 Å². The Labute approximate surface area is 157 Å². The SMILES string of the molecule is CCC1(CNC(=NC)NCc2ccc(N3CCOC(C)C3)nc2)CCC1. The molecule has 1 aromatic heterocycles. The molecule has 2 N–H and O–H groups in total. The minimum absolute atomic E-state index is 0.267. The van der Waals surface area contributed by atoms with Crippen molar-refractivity contribution < 1.29 is 4.74 Å². The van der Waals surface area contributed by atoms with Gasteiger partial charge in [-0.25, -0.2) is 4.98 Å². The normalized spacial score (nSPS) is 22.7. The second kappa shape index (κ2) is 8.71. The van der Waals surface area contributed by atoms with Crippen LogP contribution in [0.3, 0.4) is 0 Å². The van der Waals surface area contributed by atoms with Gasteiger partial charge in [0.2, 0.25) is 0 Å². The maximum Gasteiger partial charge on any atom is 0.191 e. The summed E-state index contributed by atoms with van der Waals surface area (Å²) < 4.78 is 5.60. The molecule has 6 heteroatoms. The third kappa shape index (κ3) is 4.67. The van der Waals surface area contributed by atoms with Crippen molar-refractivity contribution in [1.29, 1.82) is 0 Å². The third-order valence-electron chi connectivity index (χ3n) is 5.85. The monoisotopic (exact) mass is 359 g/mol. The fourth-order valence-electron chi connectivity index (χ4n) is 3.74. The van der Waals surface area contributed by atoms with Gasteiger partial charge in [-0.1, -0.05) is 19.4 Å². The molecule has 1 saturated carbocycles. The fourth-order valence-corrected chi connectivity index (χ4v) is 3.74. The molecule has 2 aliphatic rings. The Morgan fingerprint density at radius 1 is 1.38 bits per heavy atom. The van der Waals surface area contributed by atoms with Crippen molar-refractivity contribution in [1.82, 2.24) is 15.6 Å². The number of ether oxygens (including phenoxy) is 1. The molecule has 144 valence electrons. The first-order valence-electron chi connectivity index (χ1n) is 9.90. The van der Waals surface area contributed by atoms with Crippen molar-refractivity contribution in [3.05, 3.63) is 23.9 Å². The average molecular weight is 360 g/mol. The van der Waals surface area contributed by atoms with Crippen LogP contribution in [0.2, 0.25) is 0 Å². The average Bonchev–Trinajstić information content (AvgIpc) is 2.64. The Balaban J connectivity index is 1.47. The number of anilines is 1. The Morgan fingerprint density at radius 3 is 2.81 bits per heavy atom. The molecule has 2 fully saturated rings. The number of pyridine rings is 1. The van der Waals surface area contributed by atoms with Crippen molar-refractivity contribution in [2.24, 2.45) is 10.4 Å². The van der Waals surface area contributed by atoms with Crippen molar-refractivity contribution >= 4 is 11.8 Å². The van der Waals surface area contributed by atoms with Gasteiger partial charge < -0.3 is 20.3 Å². The Bertz CT molecular complexity index is 591. The van der Waals surface area contributed by atoms with E-state index in [0.29, 0.717) is 5.41 Å². The van der Waals surface area contributed by atoms with E-state index in [-0.39, 0.29) is 6.10 Å². The second-order valence-electron chi connectivity index (χ2n) is 7.64. The first kappa shape index (κ1) is 19.0. The topological polar surface area (TPSA) is 61.8 Å². The molecule has 1 aromatic rings. The van der Waals surface area contributed by atoms with Crippen molar-refractivity contribution in [2.75, 3.05) is 38.2 Å². The molecule has 0 radical (unpaired) electrons. The van der Waals surface area contributed by atoms with Crippen LogP contribution in [-0.4, -0.2) is 50.3 Å². The van der Waals surface area contributed by atoms with Gasteiger partial charge in [0, 0.05) is 39.4 Å². The molecule has 1 aliphatic carbocycles. The maximum atomic E-state index is 5.60. The van der Waals surface area contributed by atoms with Gasteiger partial charge in [0.25, 0.3) is 0 Å². The molecule has 1 atom stereocenters. The van der Waals surface area contributed by atoms with Crippen LogP contribution in [0.15, 0.2) is 23.3 Å². The minimum atomic E-state index is 0.267. The first-order chi connectivity index (χ1) is 12.6. The lowest BCUT2D eigenvalue weighted by atomic mass is 9.67. The number of hydrogen-bond donors (Lipinski definition) is 2. The highest BCUT2D eigenvalue weighted by Crippen LogP contribution is 2.42. The van der Waals surface area contributed by atoms with E-state index in [1.54, 1.807) is 0 Å². The zero-order chi connectivity index (χ0) is 18.4. The number of morpholine rings is 1. The van der Waals surface area contributed by atoms with Crippen LogP contribution < -0.4 is 15.5 Å². The summed E-state index contributed by atoms with van der Waals surface area (Å²) in [5, 5.41) is 6.90. The lowest BCUT2D eigenvalue weighted by molar-refractivity contribution is 0.0529.